The molecule has 0 radical (unpaired) electrons. The number of thioether (sulfide) groups is 1. The highest BCUT2D eigenvalue weighted by atomic mass is 32.2. The summed E-state index contributed by atoms with van der Waals surface area (Å²) in [5.41, 5.74) is -0.0105. The van der Waals surface area contributed by atoms with Gasteiger partial charge < -0.3 is 9.47 Å². The van der Waals surface area contributed by atoms with E-state index in [0.717, 1.165) is 4.90 Å². The van der Waals surface area contributed by atoms with Crippen molar-refractivity contribution in [3.8, 4) is 23.8 Å². The van der Waals surface area contributed by atoms with Gasteiger partial charge in [-0.25, -0.2) is 0 Å². The molecule has 0 atom stereocenters. The standard InChI is InChI=1S/C15H12N2O6S/c1-4-5-16-14(18)13(24-15(16)19)7-9-6-10(17(20)21)12(23-3)8-11(9)22-2/h1,6-8H,5H2,2-3H3/b13-7+. The molecule has 1 aromatic rings. The third kappa shape index (κ3) is 3.18. The molecule has 0 N–H and O–H groups in total. The molecule has 0 bridgehead atoms. The SMILES string of the molecule is C#CCN1C(=O)S/C(=C/c2cc([N+](=O)[O-])c(OC)cc2OC)C1=O. The molecular weight excluding hydrogens is 336 g/mol. The molecule has 0 aromatic heterocycles. The molecule has 0 unspecified atom stereocenters. The lowest BCUT2D eigenvalue weighted by Gasteiger charge is -2.09. The number of ether oxygens (including phenoxy) is 2. The molecule has 8 nitrogen and oxygen atoms in total. The van der Waals surface area contributed by atoms with Gasteiger partial charge in [-0.15, -0.1) is 6.42 Å². The van der Waals surface area contributed by atoms with Crippen LogP contribution in [0.4, 0.5) is 10.5 Å². The number of terminal acetylenes is 1. The zero-order valence-electron chi connectivity index (χ0n) is 12.8. The minimum Gasteiger partial charge on any atom is -0.496 e. The molecule has 24 heavy (non-hydrogen) atoms. The maximum absolute atomic E-state index is 12.2. The van der Waals surface area contributed by atoms with E-state index in [9.17, 15) is 19.7 Å². The molecular formula is C15H12N2O6S. The Hall–Kier alpha value is -2.99. The highest BCUT2D eigenvalue weighted by molar-refractivity contribution is 8.18. The summed E-state index contributed by atoms with van der Waals surface area (Å²) in [6.07, 6.45) is 6.48. The lowest BCUT2D eigenvalue weighted by Crippen LogP contribution is -2.28. The monoisotopic (exact) mass is 348 g/mol. The Morgan fingerprint density at radius 1 is 1.33 bits per heavy atom. The van der Waals surface area contributed by atoms with Gasteiger partial charge in [-0.1, -0.05) is 5.92 Å². The van der Waals surface area contributed by atoms with Crippen molar-refractivity contribution in [3.63, 3.8) is 0 Å². The molecule has 1 aliphatic heterocycles. The van der Waals surface area contributed by atoms with E-state index in [1.54, 1.807) is 0 Å². The Balaban J connectivity index is 2.51. The summed E-state index contributed by atoms with van der Waals surface area (Å²) in [7, 11) is 2.68. The first-order valence-electron chi connectivity index (χ1n) is 6.52. The van der Waals surface area contributed by atoms with E-state index >= 15 is 0 Å². The minimum atomic E-state index is -0.611. The van der Waals surface area contributed by atoms with Gasteiger partial charge in [-0.3, -0.25) is 24.6 Å². The lowest BCUT2D eigenvalue weighted by molar-refractivity contribution is -0.385. The number of hydrogen-bond acceptors (Lipinski definition) is 7. The van der Waals surface area contributed by atoms with Gasteiger partial charge in [0, 0.05) is 17.7 Å². The number of carbonyl (C=O) groups excluding carboxylic acids is 2. The Morgan fingerprint density at radius 3 is 2.54 bits per heavy atom. The van der Waals surface area contributed by atoms with Gasteiger partial charge in [0.25, 0.3) is 11.1 Å². The second-order valence-electron chi connectivity index (χ2n) is 4.50. The van der Waals surface area contributed by atoms with Gasteiger partial charge in [0.2, 0.25) is 5.75 Å². The van der Waals surface area contributed by atoms with Gasteiger partial charge in [-0.05, 0) is 17.8 Å². The van der Waals surface area contributed by atoms with E-state index in [2.05, 4.69) is 5.92 Å². The maximum atomic E-state index is 12.2. The number of methoxy groups -OCH3 is 2. The first kappa shape index (κ1) is 17.4. The van der Waals surface area contributed by atoms with E-state index in [0.29, 0.717) is 11.8 Å². The molecule has 124 valence electrons. The van der Waals surface area contributed by atoms with Crippen LogP contribution in [0.25, 0.3) is 6.08 Å². The van der Waals surface area contributed by atoms with Gasteiger partial charge >= 0.3 is 5.69 Å². The number of hydrogen-bond donors (Lipinski definition) is 0. The Labute approximate surface area is 141 Å². The molecule has 1 saturated heterocycles. The van der Waals surface area contributed by atoms with E-state index in [-0.39, 0.29) is 34.2 Å². The summed E-state index contributed by atoms with van der Waals surface area (Å²) in [4.78, 5) is 35.5. The van der Waals surface area contributed by atoms with Crippen LogP contribution in [-0.4, -0.2) is 41.7 Å². The van der Waals surface area contributed by atoms with Crippen molar-refractivity contribution in [2.45, 2.75) is 0 Å². The highest BCUT2D eigenvalue weighted by Gasteiger charge is 2.34. The lowest BCUT2D eigenvalue weighted by atomic mass is 10.1. The second kappa shape index (κ2) is 7.06. The van der Waals surface area contributed by atoms with Crippen LogP contribution in [0.2, 0.25) is 0 Å². The van der Waals surface area contributed by atoms with Crippen LogP contribution in [0.5, 0.6) is 11.5 Å². The fraction of sp³-hybridized carbons (Fsp3) is 0.200. The van der Waals surface area contributed by atoms with Gasteiger partial charge in [0.1, 0.15) is 5.75 Å². The Kier molecular flexibility index (Phi) is 5.11. The maximum Gasteiger partial charge on any atom is 0.311 e. The second-order valence-corrected chi connectivity index (χ2v) is 5.49. The van der Waals surface area contributed by atoms with E-state index < -0.39 is 16.1 Å². The van der Waals surface area contributed by atoms with Gasteiger partial charge in [0.15, 0.2) is 0 Å². The van der Waals surface area contributed by atoms with Crippen molar-refractivity contribution in [1.29, 1.82) is 0 Å². The largest absolute Gasteiger partial charge is 0.496 e. The van der Waals surface area contributed by atoms with Crippen LogP contribution in [0, 0.1) is 22.5 Å². The molecule has 0 spiro atoms. The van der Waals surface area contributed by atoms with Crippen molar-refractivity contribution >= 4 is 34.7 Å². The zero-order valence-corrected chi connectivity index (χ0v) is 13.6. The molecule has 2 amide bonds. The van der Waals surface area contributed by atoms with Crippen molar-refractivity contribution in [3.05, 3.63) is 32.7 Å². The number of imide groups is 1. The van der Waals surface area contributed by atoms with E-state index in [4.69, 9.17) is 15.9 Å². The molecule has 1 heterocycles. The third-order valence-corrected chi connectivity index (χ3v) is 4.04. The summed E-state index contributed by atoms with van der Waals surface area (Å²) in [5, 5.41) is 10.6. The average molecular weight is 348 g/mol. The third-order valence-electron chi connectivity index (χ3n) is 3.14. The number of carbonyl (C=O) groups is 2. The molecule has 2 rings (SSSR count). The van der Waals surface area contributed by atoms with Crippen LogP contribution in [-0.2, 0) is 4.79 Å². The molecule has 0 aliphatic carbocycles. The normalized spacial score (nSPS) is 15.5. The molecule has 1 fully saturated rings. The van der Waals surface area contributed by atoms with E-state index in [1.165, 1.54) is 32.4 Å². The van der Waals surface area contributed by atoms with Crippen LogP contribution < -0.4 is 9.47 Å². The fourth-order valence-corrected chi connectivity index (χ4v) is 2.86. The number of nitro groups is 1. The van der Waals surface area contributed by atoms with Crippen molar-refractivity contribution in [2.24, 2.45) is 0 Å². The predicted molar refractivity (Wildman–Crippen MR) is 87.7 cm³/mol. The summed E-state index contributed by atoms with van der Waals surface area (Å²) in [6.45, 7) is -0.137. The van der Waals surface area contributed by atoms with Crippen molar-refractivity contribution < 1.29 is 24.0 Å². The summed E-state index contributed by atoms with van der Waals surface area (Å²) in [6, 6.07) is 2.56. The fourth-order valence-electron chi connectivity index (χ4n) is 2.03. The molecule has 0 saturated carbocycles. The topological polar surface area (TPSA) is 99.0 Å². The first-order chi connectivity index (χ1) is 11.4. The summed E-state index contributed by atoms with van der Waals surface area (Å²) >= 11 is 0.706. The number of amides is 2. The molecule has 1 aromatic carbocycles. The van der Waals surface area contributed by atoms with Crippen LogP contribution in [0.15, 0.2) is 17.0 Å². The molecule has 1 aliphatic rings. The predicted octanol–water partition coefficient (Wildman–Crippen LogP) is 2.28. The van der Waals surface area contributed by atoms with E-state index in [1.807, 2.05) is 0 Å². The van der Waals surface area contributed by atoms with Crippen molar-refractivity contribution in [1.82, 2.24) is 4.90 Å². The Morgan fingerprint density at radius 2 is 2.00 bits per heavy atom. The molecule has 9 heteroatoms. The average Bonchev–Trinajstić information content (AvgIpc) is 2.82. The van der Waals surface area contributed by atoms with Gasteiger partial charge in [-0.2, -0.15) is 0 Å². The first-order valence-corrected chi connectivity index (χ1v) is 7.33. The quantitative estimate of drug-likeness (QED) is 0.348. The van der Waals surface area contributed by atoms with Gasteiger partial charge in [0.05, 0.1) is 30.6 Å². The number of benzene rings is 1. The highest BCUT2D eigenvalue weighted by Crippen LogP contribution is 2.38. The van der Waals surface area contributed by atoms with Crippen LogP contribution in [0.3, 0.4) is 0 Å². The number of rotatable bonds is 5. The minimum absolute atomic E-state index is 0.0226. The summed E-state index contributed by atoms with van der Waals surface area (Å²) in [5.74, 6) is 1.97. The number of nitro benzene ring substituents is 1. The van der Waals surface area contributed by atoms with Crippen molar-refractivity contribution in [2.75, 3.05) is 20.8 Å². The zero-order chi connectivity index (χ0) is 17.9. The Bertz CT molecular complexity index is 796. The van der Waals surface area contributed by atoms with Crippen LogP contribution in [0.1, 0.15) is 5.56 Å². The summed E-state index contributed by atoms with van der Waals surface area (Å²) < 4.78 is 10.1. The number of nitrogens with zero attached hydrogens (tertiary/aromatic N) is 2. The van der Waals surface area contributed by atoms with Crippen LogP contribution >= 0.6 is 11.8 Å². The smallest absolute Gasteiger partial charge is 0.311 e.